The number of rotatable bonds is 3. The average molecular weight is 304 g/mol. The molecule has 0 aliphatic rings. The number of benzene rings is 2. The highest BCUT2D eigenvalue weighted by atomic mass is 32.2. The molecule has 2 heterocycles. The first-order valence-electron chi connectivity index (χ1n) is 7.08. The third-order valence-electron chi connectivity index (χ3n) is 3.44. The minimum Gasteiger partial charge on any atom is -0.237 e. The Labute approximate surface area is 132 Å². The second-order valence-corrected chi connectivity index (χ2v) is 5.96. The van der Waals surface area contributed by atoms with Gasteiger partial charge in [0, 0.05) is 16.5 Å². The Kier molecular flexibility index (Phi) is 3.37. The number of aromatic amines is 1. The number of imidazole rings is 1. The van der Waals surface area contributed by atoms with Gasteiger partial charge in [0.05, 0.1) is 6.20 Å². The van der Waals surface area contributed by atoms with Crippen LogP contribution >= 0.6 is 11.8 Å². The fraction of sp³-hybridized carbons (Fsp3) is 0. The molecule has 4 heteroatoms. The lowest BCUT2D eigenvalue weighted by atomic mass is 10.2. The van der Waals surface area contributed by atoms with E-state index in [2.05, 4.69) is 62.9 Å². The summed E-state index contributed by atoms with van der Waals surface area (Å²) in [6.07, 6.45) is 3.84. The molecule has 0 atom stereocenters. The second kappa shape index (κ2) is 5.66. The van der Waals surface area contributed by atoms with E-state index < -0.39 is 0 Å². The largest absolute Gasteiger partial charge is 0.402 e. The quantitative estimate of drug-likeness (QED) is 0.581. The maximum absolute atomic E-state index is 4.42. The summed E-state index contributed by atoms with van der Waals surface area (Å²) in [4.78, 5) is 9.06. The Hall–Kier alpha value is -2.59. The molecule has 2 aromatic carbocycles. The zero-order valence-electron chi connectivity index (χ0n) is 11.8. The van der Waals surface area contributed by atoms with Crippen molar-refractivity contribution in [3.05, 3.63) is 79.1 Å². The van der Waals surface area contributed by atoms with Crippen molar-refractivity contribution in [1.29, 1.82) is 0 Å². The van der Waals surface area contributed by atoms with E-state index in [1.165, 1.54) is 4.90 Å². The van der Waals surface area contributed by atoms with Gasteiger partial charge in [-0.05, 0) is 12.1 Å². The van der Waals surface area contributed by atoms with Crippen molar-refractivity contribution >= 4 is 17.5 Å². The van der Waals surface area contributed by atoms with Crippen LogP contribution in [-0.2, 0) is 0 Å². The second-order valence-electron chi connectivity index (χ2n) is 4.90. The molecular weight excluding hydrogens is 290 g/mol. The normalized spacial score (nSPS) is 10.9. The minimum absolute atomic E-state index is 0.847. The molecule has 0 radical (unpaired) electrons. The predicted molar refractivity (Wildman–Crippen MR) is 87.7 cm³/mol. The third kappa shape index (κ3) is 2.38. The van der Waals surface area contributed by atoms with E-state index in [0.29, 0.717) is 0 Å². The molecule has 1 N–H and O–H groups in total. The zero-order chi connectivity index (χ0) is 14.8. The maximum Gasteiger partial charge on any atom is 0.402 e. The number of hydrogen-bond donors (Lipinski definition) is 1. The van der Waals surface area contributed by atoms with Crippen LogP contribution in [-0.4, -0.2) is 9.97 Å². The number of aromatic nitrogens is 3. The van der Waals surface area contributed by atoms with Crippen LogP contribution in [0.5, 0.6) is 0 Å². The van der Waals surface area contributed by atoms with Gasteiger partial charge in [-0.3, -0.25) is 0 Å². The molecule has 0 bridgehead atoms. The Morgan fingerprint density at radius 2 is 1.59 bits per heavy atom. The SMILES string of the molecule is c1ccc(Sc2c(-c3ccccc3)[nH]c3nccc[n+]23)cc1. The summed E-state index contributed by atoms with van der Waals surface area (Å²) < 4.78 is 2.10. The number of H-pyrrole nitrogens is 1. The summed E-state index contributed by atoms with van der Waals surface area (Å²) in [6.45, 7) is 0. The number of fused-ring (bicyclic) bond motifs is 1. The van der Waals surface area contributed by atoms with Gasteiger partial charge in [-0.15, -0.1) is 0 Å². The van der Waals surface area contributed by atoms with Crippen LogP contribution in [0.2, 0.25) is 0 Å². The van der Waals surface area contributed by atoms with Crippen LogP contribution < -0.4 is 4.40 Å². The van der Waals surface area contributed by atoms with Crippen molar-refractivity contribution < 1.29 is 4.40 Å². The first kappa shape index (κ1) is 13.1. The van der Waals surface area contributed by atoms with Gasteiger partial charge in [-0.2, -0.15) is 4.40 Å². The lowest BCUT2D eigenvalue weighted by Gasteiger charge is -2.01. The molecule has 4 rings (SSSR count). The molecule has 0 aliphatic carbocycles. The predicted octanol–water partition coefficient (Wildman–Crippen LogP) is 3.97. The highest BCUT2D eigenvalue weighted by Crippen LogP contribution is 2.32. The smallest absolute Gasteiger partial charge is 0.237 e. The summed E-state index contributed by atoms with van der Waals surface area (Å²) in [7, 11) is 0. The van der Waals surface area contributed by atoms with Gasteiger partial charge in [0.25, 0.3) is 0 Å². The van der Waals surface area contributed by atoms with Gasteiger partial charge < -0.3 is 0 Å². The highest BCUT2D eigenvalue weighted by Gasteiger charge is 2.20. The van der Waals surface area contributed by atoms with E-state index in [9.17, 15) is 0 Å². The lowest BCUT2D eigenvalue weighted by molar-refractivity contribution is -0.554. The Morgan fingerprint density at radius 1 is 0.864 bits per heavy atom. The summed E-state index contributed by atoms with van der Waals surface area (Å²) in [5, 5.41) is 1.14. The lowest BCUT2D eigenvalue weighted by Crippen LogP contribution is -2.21. The van der Waals surface area contributed by atoms with Crippen molar-refractivity contribution in [1.82, 2.24) is 9.97 Å². The molecule has 0 saturated carbocycles. The average Bonchev–Trinajstić information content (AvgIpc) is 2.95. The van der Waals surface area contributed by atoms with E-state index in [-0.39, 0.29) is 0 Å². The third-order valence-corrected chi connectivity index (χ3v) is 4.54. The van der Waals surface area contributed by atoms with E-state index in [4.69, 9.17) is 0 Å². The van der Waals surface area contributed by atoms with E-state index in [1.54, 1.807) is 18.0 Å². The molecule has 4 aromatic rings. The number of nitrogens with zero attached hydrogens (tertiary/aromatic N) is 2. The van der Waals surface area contributed by atoms with Crippen LogP contribution in [0.4, 0.5) is 0 Å². The number of hydrogen-bond acceptors (Lipinski definition) is 2. The standard InChI is InChI=1S/C18H13N3S/c1-3-8-14(9-4-1)16-17(22-15-10-5-2-6-11-15)21-13-7-12-19-18(21)20-16/h1-13H/p+1. The molecule has 106 valence electrons. The van der Waals surface area contributed by atoms with Crippen molar-refractivity contribution in [2.24, 2.45) is 0 Å². The fourth-order valence-electron chi connectivity index (χ4n) is 2.41. The number of nitrogens with one attached hydrogen (secondary N) is 1. The first-order chi connectivity index (χ1) is 10.9. The highest BCUT2D eigenvalue weighted by molar-refractivity contribution is 7.99. The Bertz CT molecular complexity index is 901. The van der Waals surface area contributed by atoms with Gasteiger partial charge in [0.2, 0.25) is 0 Å². The summed E-state index contributed by atoms with van der Waals surface area (Å²) in [6, 6.07) is 22.7. The molecule has 22 heavy (non-hydrogen) atoms. The van der Waals surface area contributed by atoms with Gasteiger partial charge in [-0.25, -0.2) is 4.98 Å². The Morgan fingerprint density at radius 3 is 2.36 bits per heavy atom. The van der Waals surface area contributed by atoms with Crippen molar-refractivity contribution in [2.45, 2.75) is 9.92 Å². The van der Waals surface area contributed by atoms with E-state index >= 15 is 0 Å². The Balaban J connectivity index is 1.91. The molecule has 0 saturated heterocycles. The monoisotopic (exact) mass is 304 g/mol. The molecule has 0 spiro atoms. The summed E-state index contributed by atoms with van der Waals surface area (Å²) >= 11 is 1.74. The van der Waals surface area contributed by atoms with Crippen LogP contribution in [0.25, 0.3) is 17.0 Å². The molecule has 2 aromatic heterocycles. The van der Waals surface area contributed by atoms with Crippen molar-refractivity contribution in [3.63, 3.8) is 0 Å². The summed E-state index contributed by atoms with van der Waals surface area (Å²) in [5.41, 5.74) is 2.25. The molecule has 0 unspecified atom stereocenters. The molecule has 0 aliphatic heterocycles. The van der Waals surface area contributed by atoms with Crippen LogP contribution in [0.1, 0.15) is 0 Å². The van der Waals surface area contributed by atoms with E-state index in [1.807, 2.05) is 24.4 Å². The summed E-state index contributed by atoms with van der Waals surface area (Å²) in [5.74, 6) is 0.847. The van der Waals surface area contributed by atoms with Crippen LogP contribution in [0.3, 0.4) is 0 Å². The van der Waals surface area contributed by atoms with Crippen molar-refractivity contribution in [3.8, 4) is 11.3 Å². The molecule has 3 nitrogen and oxygen atoms in total. The van der Waals surface area contributed by atoms with Crippen LogP contribution in [0.15, 0.2) is 89.0 Å². The van der Waals surface area contributed by atoms with Gasteiger partial charge in [0.15, 0.2) is 10.7 Å². The van der Waals surface area contributed by atoms with Gasteiger partial charge in [-0.1, -0.05) is 65.3 Å². The fourth-order valence-corrected chi connectivity index (χ4v) is 3.45. The minimum atomic E-state index is 0.847. The maximum atomic E-state index is 4.42. The topological polar surface area (TPSA) is 32.8 Å². The van der Waals surface area contributed by atoms with E-state index in [0.717, 1.165) is 22.1 Å². The van der Waals surface area contributed by atoms with Crippen molar-refractivity contribution in [2.75, 3.05) is 0 Å². The van der Waals surface area contributed by atoms with Crippen LogP contribution in [0, 0.1) is 0 Å². The first-order valence-corrected chi connectivity index (χ1v) is 7.90. The van der Waals surface area contributed by atoms with Gasteiger partial charge >= 0.3 is 5.78 Å². The molecular formula is C18H14N3S+. The zero-order valence-corrected chi connectivity index (χ0v) is 12.6. The van der Waals surface area contributed by atoms with Gasteiger partial charge in [0.1, 0.15) is 6.20 Å². The molecule has 0 amide bonds. The molecule has 0 fully saturated rings.